The average molecular weight is 346 g/mol. The Labute approximate surface area is 143 Å². The molecule has 3 rings (SSSR count). The molecule has 1 aromatic heterocycles. The molecule has 0 fully saturated rings. The fraction of sp³-hybridized carbons (Fsp3) is 0.0625. The first-order valence-corrected chi connectivity index (χ1v) is 7.62. The van der Waals surface area contributed by atoms with Gasteiger partial charge in [-0.1, -0.05) is 41.4 Å². The molecule has 116 valence electrons. The van der Waals surface area contributed by atoms with Crippen LogP contribution in [0.1, 0.15) is 5.56 Å². The fourth-order valence-electron chi connectivity index (χ4n) is 2.02. The van der Waals surface area contributed by atoms with Crippen molar-refractivity contribution in [3.8, 4) is 0 Å². The van der Waals surface area contributed by atoms with Gasteiger partial charge in [-0.05, 0) is 36.8 Å². The summed E-state index contributed by atoms with van der Waals surface area (Å²) in [5, 5.41) is 15.0. The molecular weight excluding hydrogens is 333 g/mol. The first kappa shape index (κ1) is 15.5. The minimum atomic E-state index is 0.303. The molecule has 0 amide bonds. The van der Waals surface area contributed by atoms with E-state index < -0.39 is 0 Å². The van der Waals surface area contributed by atoms with Crippen LogP contribution in [-0.2, 0) is 0 Å². The van der Waals surface area contributed by atoms with Crippen molar-refractivity contribution in [2.24, 2.45) is 0 Å². The highest BCUT2D eigenvalue weighted by Gasteiger charge is 2.08. The molecule has 2 aromatic carbocycles. The summed E-state index contributed by atoms with van der Waals surface area (Å²) in [7, 11) is 0. The van der Waals surface area contributed by atoms with Crippen LogP contribution in [-0.4, -0.2) is 15.2 Å². The minimum Gasteiger partial charge on any atom is -0.339 e. The molecule has 23 heavy (non-hydrogen) atoms. The number of para-hydroxylation sites is 1. The van der Waals surface area contributed by atoms with E-state index in [1.165, 1.54) is 0 Å². The fourth-order valence-corrected chi connectivity index (χ4v) is 2.51. The van der Waals surface area contributed by atoms with Crippen molar-refractivity contribution in [2.75, 3.05) is 10.6 Å². The minimum absolute atomic E-state index is 0.303. The van der Waals surface area contributed by atoms with E-state index in [-0.39, 0.29) is 0 Å². The second-order valence-electron chi connectivity index (χ2n) is 4.88. The molecule has 0 aliphatic carbocycles. The third-order valence-electron chi connectivity index (χ3n) is 3.05. The molecule has 3 aromatic rings. The lowest BCUT2D eigenvalue weighted by Crippen LogP contribution is -2.03. The van der Waals surface area contributed by atoms with E-state index in [0.29, 0.717) is 27.5 Å². The van der Waals surface area contributed by atoms with Crippen LogP contribution >= 0.6 is 23.2 Å². The van der Waals surface area contributed by atoms with Gasteiger partial charge < -0.3 is 10.6 Å². The molecular formula is C16H13Cl2N5. The molecule has 0 aliphatic rings. The Morgan fingerprint density at radius 3 is 2.43 bits per heavy atom. The molecule has 0 saturated carbocycles. The highest BCUT2D eigenvalue weighted by Crippen LogP contribution is 2.31. The van der Waals surface area contributed by atoms with Crippen molar-refractivity contribution in [2.45, 2.75) is 6.92 Å². The first-order valence-electron chi connectivity index (χ1n) is 6.86. The standard InChI is InChI=1S/C16H13Cl2N5/c1-10-4-2-5-11(8-10)20-14-9-19-23-16(21-14)22-15-12(17)6-3-7-13(15)18/h2-9H,1H3,(H2,20,21,22,23). The number of hydrogen-bond acceptors (Lipinski definition) is 5. The highest BCUT2D eigenvalue weighted by molar-refractivity contribution is 6.39. The molecule has 1 heterocycles. The number of hydrogen-bond donors (Lipinski definition) is 2. The quantitative estimate of drug-likeness (QED) is 0.698. The summed E-state index contributed by atoms with van der Waals surface area (Å²) in [4.78, 5) is 4.36. The largest absolute Gasteiger partial charge is 0.339 e. The summed E-state index contributed by atoms with van der Waals surface area (Å²) in [6.07, 6.45) is 1.54. The second kappa shape index (κ2) is 6.81. The third-order valence-corrected chi connectivity index (χ3v) is 3.68. The molecule has 2 N–H and O–H groups in total. The van der Waals surface area contributed by atoms with Gasteiger partial charge in [-0.3, -0.25) is 0 Å². The summed E-state index contributed by atoms with van der Waals surface area (Å²) in [5.41, 5.74) is 2.62. The van der Waals surface area contributed by atoms with Crippen LogP contribution in [0.5, 0.6) is 0 Å². The van der Waals surface area contributed by atoms with E-state index in [9.17, 15) is 0 Å². The zero-order valence-electron chi connectivity index (χ0n) is 12.2. The zero-order chi connectivity index (χ0) is 16.2. The molecule has 0 atom stereocenters. The van der Waals surface area contributed by atoms with Crippen molar-refractivity contribution in [1.29, 1.82) is 0 Å². The number of nitrogens with zero attached hydrogens (tertiary/aromatic N) is 3. The number of rotatable bonds is 4. The van der Waals surface area contributed by atoms with Gasteiger partial charge in [0, 0.05) is 5.69 Å². The number of anilines is 4. The molecule has 0 spiro atoms. The maximum atomic E-state index is 6.13. The lowest BCUT2D eigenvalue weighted by atomic mass is 10.2. The van der Waals surface area contributed by atoms with Gasteiger partial charge in [0.2, 0.25) is 5.95 Å². The van der Waals surface area contributed by atoms with Gasteiger partial charge >= 0.3 is 0 Å². The van der Waals surface area contributed by atoms with Gasteiger partial charge in [-0.2, -0.15) is 10.1 Å². The monoisotopic (exact) mass is 345 g/mol. The van der Waals surface area contributed by atoms with Crippen molar-refractivity contribution >= 4 is 46.3 Å². The smallest absolute Gasteiger partial charge is 0.249 e. The van der Waals surface area contributed by atoms with Crippen LogP contribution in [0.3, 0.4) is 0 Å². The van der Waals surface area contributed by atoms with Gasteiger partial charge in [0.15, 0.2) is 5.82 Å². The first-order chi connectivity index (χ1) is 11.1. The van der Waals surface area contributed by atoms with Crippen molar-refractivity contribution < 1.29 is 0 Å². The van der Waals surface area contributed by atoms with Crippen molar-refractivity contribution in [3.05, 3.63) is 64.3 Å². The highest BCUT2D eigenvalue weighted by atomic mass is 35.5. The van der Waals surface area contributed by atoms with Crippen LogP contribution in [0, 0.1) is 6.92 Å². The number of halogens is 2. The molecule has 7 heteroatoms. The third kappa shape index (κ3) is 3.88. The Hall–Kier alpha value is -2.37. The van der Waals surface area contributed by atoms with Gasteiger partial charge in [-0.15, -0.1) is 5.10 Å². The van der Waals surface area contributed by atoms with E-state index in [1.54, 1.807) is 24.4 Å². The molecule has 5 nitrogen and oxygen atoms in total. The zero-order valence-corrected chi connectivity index (χ0v) is 13.7. The summed E-state index contributed by atoms with van der Waals surface area (Å²) in [6, 6.07) is 13.2. The van der Waals surface area contributed by atoms with Crippen LogP contribution in [0.25, 0.3) is 0 Å². The summed E-state index contributed by atoms with van der Waals surface area (Å²) in [6.45, 7) is 2.02. The SMILES string of the molecule is Cc1cccc(Nc2cnnc(Nc3c(Cl)cccc3Cl)n2)c1. The molecule has 0 aliphatic heterocycles. The van der Waals surface area contributed by atoms with Crippen LogP contribution < -0.4 is 10.6 Å². The topological polar surface area (TPSA) is 62.7 Å². The van der Waals surface area contributed by atoms with Crippen molar-refractivity contribution in [3.63, 3.8) is 0 Å². The predicted molar refractivity (Wildman–Crippen MR) is 94.0 cm³/mol. The van der Waals surface area contributed by atoms with E-state index >= 15 is 0 Å². The Morgan fingerprint density at radius 1 is 0.957 bits per heavy atom. The van der Waals surface area contributed by atoms with Gasteiger partial charge in [-0.25, -0.2) is 0 Å². The Balaban J connectivity index is 1.83. The van der Waals surface area contributed by atoms with E-state index in [1.807, 2.05) is 31.2 Å². The maximum Gasteiger partial charge on any atom is 0.249 e. The maximum absolute atomic E-state index is 6.13. The van der Waals surface area contributed by atoms with Gasteiger partial charge in [0.1, 0.15) is 0 Å². The lowest BCUT2D eigenvalue weighted by molar-refractivity contribution is 0.982. The van der Waals surface area contributed by atoms with Gasteiger partial charge in [0.25, 0.3) is 0 Å². The summed E-state index contributed by atoms with van der Waals surface area (Å²) >= 11 is 12.3. The van der Waals surface area contributed by atoms with E-state index in [4.69, 9.17) is 23.2 Å². The van der Waals surface area contributed by atoms with E-state index in [2.05, 4.69) is 25.8 Å². The average Bonchev–Trinajstić information content (AvgIpc) is 2.52. The second-order valence-corrected chi connectivity index (χ2v) is 5.70. The number of nitrogens with one attached hydrogen (secondary N) is 2. The number of aromatic nitrogens is 3. The number of benzene rings is 2. The number of aryl methyl sites for hydroxylation is 1. The molecule has 0 saturated heterocycles. The lowest BCUT2D eigenvalue weighted by Gasteiger charge is -2.10. The van der Waals surface area contributed by atoms with E-state index in [0.717, 1.165) is 11.3 Å². The Morgan fingerprint density at radius 2 is 1.70 bits per heavy atom. The summed E-state index contributed by atoms with van der Waals surface area (Å²) in [5.74, 6) is 0.869. The molecule has 0 radical (unpaired) electrons. The van der Waals surface area contributed by atoms with Crippen LogP contribution in [0.4, 0.5) is 23.1 Å². The normalized spacial score (nSPS) is 10.4. The molecule has 0 bridgehead atoms. The van der Waals surface area contributed by atoms with Crippen LogP contribution in [0.2, 0.25) is 10.0 Å². The Kier molecular flexibility index (Phi) is 4.60. The molecule has 0 unspecified atom stereocenters. The van der Waals surface area contributed by atoms with Gasteiger partial charge in [0.05, 0.1) is 21.9 Å². The van der Waals surface area contributed by atoms with Crippen molar-refractivity contribution in [1.82, 2.24) is 15.2 Å². The van der Waals surface area contributed by atoms with Crippen LogP contribution in [0.15, 0.2) is 48.7 Å². The summed E-state index contributed by atoms with van der Waals surface area (Å²) < 4.78 is 0. The predicted octanol–water partition coefficient (Wildman–Crippen LogP) is 4.97. The Bertz CT molecular complexity index is 818.